The summed E-state index contributed by atoms with van der Waals surface area (Å²) in [7, 11) is 0. The number of halogens is 4. The van der Waals surface area contributed by atoms with E-state index < -0.39 is 0 Å². The third-order valence-electron chi connectivity index (χ3n) is 5.16. The topological polar surface area (TPSA) is 54.9 Å². The molecule has 0 saturated carbocycles. The summed E-state index contributed by atoms with van der Waals surface area (Å²) < 4.78 is 12.1. The monoisotopic (exact) mass is 549 g/mol. The Labute approximate surface area is 217 Å². The molecule has 178 valence electrons. The summed E-state index contributed by atoms with van der Waals surface area (Å²) in [6, 6.07) is 8.65. The van der Waals surface area contributed by atoms with E-state index in [1.165, 1.54) is 11.3 Å². The number of thiazole rings is 1. The van der Waals surface area contributed by atoms with Crippen LogP contribution < -0.4 is 9.64 Å². The fraction of sp³-hybridized carbons (Fsp3) is 0.364. The van der Waals surface area contributed by atoms with Gasteiger partial charge in [0, 0.05) is 36.2 Å². The molecule has 1 saturated heterocycles. The minimum absolute atomic E-state index is 0. The number of aryl methyl sites for hydroxylation is 1. The summed E-state index contributed by atoms with van der Waals surface area (Å²) in [6.07, 6.45) is 0. The minimum atomic E-state index is -0.202. The summed E-state index contributed by atoms with van der Waals surface area (Å²) in [4.78, 5) is 21.9. The van der Waals surface area contributed by atoms with Crippen LogP contribution >= 0.6 is 58.5 Å². The van der Waals surface area contributed by atoms with Crippen LogP contribution in [-0.2, 0) is 9.53 Å². The number of hydrogen-bond donors (Lipinski definition) is 0. The second kappa shape index (κ2) is 11.9. The Morgan fingerprint density at radius 2 is 1.94 bits per heavy atom. The first-order valence-electron chi connectivity index (χ1n) is 10.2. The molecule has 0 N–H and O–H groups in total. The van der Waals surface area contributed by atoms with Crippen LogP contribution in [0, 0.1) is 6.92 Å². The average molecular weight is 551 g/mol. The highest BCUT2D eigenvalue weighted by atomic mass is 35.5. The van der Waals surface area contributed by atoms with E-state index in [9.17, 15) is 4.79 Å². The number of carbonyl (C=O) groups excluding carboxylic acids is 1. The lowest BCUT2D eigenvalue weighted by Crippen LogP contribution is -2.44. The van der Waals surface area contributed by atoms with Gasteiger partial charge < -0.3 is 9.47 Å². The van der Waals surface area contributed by atoms with Crippen LogP contribution in [-0.4, -0.2) is 61.8 Å². The molecule has 1 fully saturated rings. The van der Waals surface area contributed by atoms with Crippen molar-refractivity contribution in [3.05, 3.63) is 51.0 Å². The van der Waals surface area contributed by atoms with Gasteiger partial charge in [0.1, 0.15) is 5.75 Å². The van der Waals surface area contributed by atoms with Gasteiger partial charge in [-0.1, -0.05) is 46.1 Å². The van der Waals surface area contributed by atoms with Gasteiger partial charge in [0.15, 0.2) is 11.7 Å². The maximum Gasteiger partial charge on any atom is 0.266 e. The van der Waals surface area contributed by atoms with E-state index in [1.807, 2.05) is 19.1 Å². The van der Waals surface area contributed by atoms with E-state index in [0.29, 0.717) is 52.3 Å². The zero-order valence-corrected chi connectivity index (χ0v) is 21.8. The molecule has 3 aromatic rings. The van der Waals surface area contributed by atoms with Crippen LogP contribution in [0.4, 0.5) is 5.13 Å². The number of ether oxygens (including phenoxy) is 2. The summed E-state index contributed by atoms with van der Waals surface area (Å²) in [6.45, 7) is 6.08. The lowest BCUT2D eigenvalue weighted by Gasteiger charge is -2.29. The molecule has 0 atom stereocenters. The number of morpholine rings is 1. The number of carbonyl (C=O) groups is 1. The van der Waals surface area contributed by atoms with Gasteiger partial charge in [-0.3, -0.25) is 14.6 Å². The molecule has 1 aliphatic rings. The normalized spacial score (nSPS) is 14.2. The third-order valence-corrected chi connectivity index (χ3v) is 6.93. The molecule has 0 spiro atoms. The summed E-state index contributed by atoms with van der Waals surface area (Å²) >= 11 is 19.8. The van der Waals surface area contributed by atoms with Gasteiger partial charge in [0.25, 0.3) is 5.91 Å². The van der Waals surface area contributed by atoms with E-state index >= 15 is 0 Å². The lowest BCUT2D eigenvalue weighted by molar-refractivity contribution is -0.120. The Bertz CT molecular complexity index is 1120. The van der Waals surface area contributed by atoms with Gasteiger partial charge >= 0.3 is 0 Å². The third kappa shape index (κ3) is 6.63. The summed E-state index contributed by atoms with van der Waals surface area (Å²) in [5, 5.41) is 2.13. The number of nitrogens with zero attached hydrogens (tertiary/aromatic N) is 3. The van der Waals surface area contributed by atoms with Crippen molar-refractivity contribution in [2.24, 2.45) is 0 Å². The van der Waals surface area contributed by atoms with Crippen molar-refractivity contribution in [3.8, 4) is 5.75 Å². The zero-order valence-electron chi connectivity index (χ0n) is 17.9. The molecule has 33 heavy (non-hydrogen) atoms. The first kappa shape index (κ1) is 26.3. The highest BCUT2D eigenvalue weighted by molar-refractivity contribution is 7.22. The molecule has 2 heterocycles. The number of hydrogen-bond acceptors (Lipinski definition) is 6. The fourth-order valence-corrected chi connectivity index (χ4v) is 5.39. The second-order valence-corrected chi connectivity index (χ2v) is 9.72. The Morgan fingerprint density at radius 3 is 2.67 bits per heavy atom. The molecule has 1 amide bonds. The number of rotatable bonds is 7. The Morgan fingerprint density at radius 1 is 1.18 bits per heavy atom. The Kier molecular flexibility index (Phi) is 9.47. The van der Waals surface area contributed by atoms with Crippen molar-refractivity contribution in [1.29, 1.82) is 0 Å². The Hall–Kier alpha value is -1.32. The molecule has 11 heteroatoms. The smallest absolute Gasteiger partial charge is 0.266 e. The number of benzene rings is 2. The quantitative estimate of drug-likeness (QED) is 0.376. The highest BCUT2D eigenvalue weighted by Gasteiger charge is 2.23. The summed E-state index contributed by atoms with van der Waals surface area (Å²) in [5.41, 5.74) is 1.82. The molecule has 0 bridgehead atoms. The van der Waals surface area contributed by atoms with Crippen LogP contribution in [0.1, 0.15) is 5.56 Å². The molecule has 4 rings (SSSR count). The first-order valence-corrected chi connectivity index (χ1v) is 12.1. The van der Waals surface area contributed by atoms with Crippen molar-refractivity contribution in [2.45, 2.75) is 6.92 Å². The van der Waals surface area contributed by atoms with E-state index in [0.717, 1.165) is 28.9 Å². The number of fused-ring (bicyclic) bond motifs is 1. The zero-order chi connectivity index (χ0) is 22.7. The standard InChI is InChI=1S/C22H22Cl3N3O3S.ClH/c1-14-10-16(24)12-19-21(14)26-22(32-19)28(5-4-27-6-8-30-9-7-27)20(29)13-31-18-3-2-15(23)11-17(18)25;/h2-3,10-12H,4-9,13H2,1H3;1H. The molecule has 1 aliphatic heterocycles. The number of anilines is 1. The van der Waals surface area contributed by atoms with Crippen LogP contribution in [0.2, 0.25) is 15.1 Å². The van der Waals surface area contributed by atoms with Crippen molar-refractivity contribution >= 4 is 79.8 Å². The Balaban J connectivity index is 0.00000306. The summed E-state index contributed by atoms with van der Waals surface area (Å²) in [5.74, 6) is 0.205. The first-order chi connectivity index (χ1) is 15.4. The van der Waals surface area contributed by atoms with E-state index in [2.05, 4.69) is 4.90 Å². The number of amides is 1. The minimum Gasteiger partial charge on any atom is -0.482 e. The predicted octanol–water partition coefficient (Wildman–Crippen LogP) is 5.73. The molecule has 2 aromatic carbocycles. The molecule has 1 aromatic heterocycles. The molecular weight excluding hydrogens is 528 g/mol. The van der Waals surface area contributed by atoms with Crippen LogP contribution in [0.5, 0.6) is 5.75 Å². The van der Waals surface area contributed by atoms with Crippen molar-refractivity contribution in [3.63, 3.8) is 0 Å². The average Bonchev–Trinajstić information content (AvgIpc) is 3.18. The molecule has 0 aliphatic carbocycles. The van der Waals surface area contributed by atoms with Crippen molar-refractivity contribution in [1.82, 2.24) is 9.88 Å². The van der Waals surface area contributed by atoms with Gasteiger partial charge in [-0.05, 0) is 42.8 Å². The van der Waals surface area contributed by atoms with Gasteiger partial charge in [0.05, 0.1) is 28.5 Å². The second-order valence-electron chi connectivity index (χ2n) is 7.43. The van der Waals surface area contributed by atoms with Crippen molar-refractivity contribution < 1.29 is 14.3 Å². The maximum absolute atomic E-state index is 13.2. The van der Waals surface area contributed by atoms with Gasteiger partial charge in [-0.25, -0.2) is 4.98 Å². The van der Waals surface area contributed by atoms with Crippen LogP contribution in [0.15, 0.2) is 30.3 Å². The largest absolute Gasteiger partial charge is 0.482 e. The molecule has 0 radical (unpaired) electrons. The maximum atomic E-state index is 13.2. The predicted molar refractivity (Wildman–Crippen MR) is 138 cm³/mol. The van der Waals surface area contributed by atoms with Gasteiger partial charge in [0.2, 0.25) is 0 Å². The molecular formula is C22H23Cl4N3O3S. The van der Waals surface area contributed by atoms with Gasteiger partial charge in [-0.15, -0.1) is 12.4 Å². The van der Waals surface area contributed by atoms with Crippen LogP contribution in [0.3, 0.4) is 0 Å². The van der Waals surface area contributed by atoms with Gasteiger partial charge in [-0.2, -0.15) is 0 Å². The molecule has 6 nitrogen and oxygen atoms in total. The molecule has 0 unspecified atom stereocenters. The van der Waals surface area contributed by atoms with Crippen LogP contribution in [0.25, 0.3) is 10.2 Å². The SMILES string of the molecule is Cc1cc(Cl)cc2sc(N(CCN3CCOCC3)C(=O)COc3ccc(Cl)cc3Cl)nc12.Cl. The number of aromatic nitrogens is 1. The van der Waals surface area contributed by atoms with E-state index in [1.54, 1.807) is 23.1 Å². The van der Waals surface area contributed by atoms with Crippen molar-refractivity contribution in [2.75, 3.05) is 50.9 Å². The van der Waals surface area contributed by atoms with E-state index in [-0.39, 0.29) is 24.9 Å². The lowest BCUT2D eigenvalue weighted by atomic mass is 10.2. The van der Waals surface area contributed by atoms with E-state index in [4.69, 9.17) is 49.3 Å². The highest BCUT2D eigenvalue weighted by Crippen LogP contribution is 2.33. The fourth-order valence-electron chi connectivity index (χ4n) is 3.46.